The molecule has 1 heterocycles. The molecule has 0 aliphatic carbocycles. The van der Waals surface area contributed by atoms with Crippen molar-refractivity contribution in [1.82, 2.24) is 0 Å². The first kappa shape index (κ1) is 11.1. The van der Waals surface area contributed by atoms with E-state index in [0.717, 1.165) is 31.6 Å². The zero-order chi connectivity index (χ0) is 11.5. The van der Waals surface area contributed by atoms with Crippen molar-refractivity contribution >= 4 is 11.5 Å². The molecule has 0 saturated carbocycles. The van der Waals surface area contributed by atoms with Crippen molar-refractivity contribution in [1.29, 1.82) is 0 Å². The van der Waals surface area contributed by atoms with Gasteiger partial charge in [-0.2, -0.15) is 0 Å². The van der Waals surface area contributed by atoms with Gasteiger partial charge in [-0.15, -0.1) is 0 Å². The van der Waals surface area contributed by atoms with E-state index in [1.165, 1.54) is 11.6 Å². The molecule has 2 nitrogen and oxygen atoms in total. The predicted molar refractivity (Wildman–Crippen MR) is 62.2 cm³/mol. The second-order valence-electron chi connectivity index (χ2n) is 4.32. The molecule has 0 saturated heterocycles. The molecule has 0 radical (unpaired) electrons. The van der Waals surface area contributed by atoms with E-state index in [9.17, 15) is 9.18 Å². The van der Waals surface area contributed by atoms with E-state index in [-0.39, 0.29) is 11.6 Å². The van der Waals surface area contributed by atoms with Crippen LogP contribution in [0.15, 0.2) is 18.2 Å². The van der Waals surface area contributed by atoms with Gasteiger partial charge in [0.05, 0.1) is 0 Å². The van der Waals surface area contributed by atoms with Gasteiger partial charge in [0, 0.05) is 25.2 Å². The van der Waals surface area contributed by atoms with E-state index in [2.05, 4.69) is 4.90 Å². The molecule has 1 aromatic carbocycles. The fourth-order valence-electron chi connectivity index (χ4n) is 2.17. The van der Waals surface area contributed by atoms with Crippen LogP contribution in [-0.4, -0.2) is 18.9 Å². The van der Waals surface area contributed by atoms with Crippen LogP contribution in [0.4, 0.5) is 10.1 Å². The molecule has 0 atom stereocenters. The zero-order valence-electron chi connectivity index (χ0n) is 9.50. The third-order valence-corrected chi connectivity index (χ3v) is 3.00. The van der Waals surface area contributed by atoms with E-state index < -0.39 is 0 Å². The summed E-state index contributed by atoms with van der Waals surface area (Å²) in [6.07, 6.45) is 2.45. The summed E-state index contributed by atoms with van der Waals surface area (Å²) < 4.78 is 13.1. The highest BCUT2D eigenvalue weighted by Crippen LogP contribution is 2.28. The Labute approximate surface area is 95.1 Å². The Hall–Kier alpha value is -1.38. The van der Waals surface area contributed by atoms with Gasteiger partial charge in [-0.1, -0.05) is 6.07 Å². The van der Waals surface area contributed by atoms with Crippen molar-refractivity contribution in [3.8, 4) is 0 Å². The summed E-state index contributed by atoms with van der Waals surface area (Å²) in [5.74, 6) is 0.0379. The molecule has 0 unspecified atom stereocenters. The number of rotatable bonds is 4. The first-order valence-electron chi connectivity index (χ1n) is 5.69. The molecular formula is C13H16FNO. The summed E-state index contributed by atoms with van der Waals surface area (Å²) in [5.41, 5.74) is 2.22. The van der Waals surface area contributed by atoms with Gasteiger partial charge in [0.15, 0.2) is 0 Å². The Morgan fingerprint density at radius 2 is 2.31 bits per heavy atom. The number of hydrogen-bond donors (Lipinski definition) is 0. The summed E-state index contributed by atoms with van der Waals surface area (Å²) in [7, 11) is 0. The van der Waals surface area contributed by atoms with Crippen LogP contribution in [0, 0.1) is 5.82 Å². The van der Waals surface area contributed by atoms with E-state index in [1.54, 1.807) is 13.0 Å². The fourth-order valence-corrected chi connectivity index (χ4v) is 2.17. The Balaban J connectivity index is 2.00. The molecule has 0 aromatic heterocycles. The van der Waals surface area contributed by atoms with E-state index in [4.69, 9.17) is 0 Å². The minimum atomic E-state index is -0.183. The third kappa shape index (κ3) is 2.40. The molecule has 86 valence electrons. The second-order valence-corrected chi connectivity index (χ2v) is 4.32. The highest BCUT2D eigenvalue weighted by molar-refractivity contribution is 5.75. The van der Waals surface area contributed by atoms with Crippen molar-refractivity contribution in [3.63, 3.8) is 0 Å². The summed E-state index contributed by atoms with van der Waals surface area (Å²) in [5, 5.41) is 0. The standard InChI is InChI=1S/C13H16FNO/c1-10(16)3-2-7-15-8-6-11-4-5-12(14)9-13(11)15/h4-5,9H,2-3,6-8H2,1H3. The van der Waals surface area contributed by atoms with Crippen molar-refractivity contribution in [2.45, 2.75) is 26.2 Å². The summed E-state index contributed by atoms with van der Waals surface area (Å²) in [6.45, 7) is 3.39. The van der Waals surface area contributed by atoms with Gasteiger partial charge in [0.2, 0.25) is 0 Å². The van der Waals surface area contributed by atoms with Gasteiger partial charge in [0.25, 0.3) is 0 Å². The summed E-state index contributed by atoms with van der Waals surface area (Å²) >= 11 is 0. The first-order valence-corrected chi connectivity index (χ1v) is 5.69. The number of halogens is 1. The van der Waals surface area contributed by atoms with Crippen LogP contribution in [0.5, 0.6) is 0 Å². The van der Waals surface area contributed by atoms with Crippen LogP contribution in [0.2, 0.25) is 0 Å². The molecule has 0 amide bonds. The van der Waals surface area contributed by atoms with Gasteiger partial charge in [0.1, 0.15) is 11.6 Å². The molecule has 0 bridgehead atoms. The fraction of sp³-hybridized carbons (Fsp3) is 0.462. The van der Waals surface area contributed by atoms with Gasteiger partial charge in [-0.3, -0.25) is 0 Å². The minimum absolute atomic E-state index is 0.183. The minimum Gasteiger partial charge on any atom is -0.371 e. The van der Waals surface area contributed by atoms with Gasteiger partial charge in [-0.05, 0) is 37.5 Å². The lowest BCUT2D eigenvalue weighted by Crippen LogP contribution is -2.22. The van der Waals surface area contributed by atoms with Crippen LogP contribution < -0.4 is 4.90 Å². The number of carbonyl (C=O) groups is 1. The Kier molecular flexibility index (Phi) is 3.22. The third-order valence-electron chi connectivity index (χ3n) is 3.00. The summed E-state index contributed by atoms with van der Waals surface area (Å²) in [4.78, 5) is 13.0. The van der Waals surface area contributed by atoms with Gasteiger partial charge < -0.3 is 9.69 Å². The quantitative estimate of drug-likeness (QED) is 0.778. The Bertz CT molecular complexity index is 403. The smallest absolute Gasteiger partial charge is 0.129 e. The largest absolute Gasteiger partial charge is 0.371 e. The Morgan fingerprint density at radius 1 is 1.50 bits per heavy atom. The van der Waals surface area contributed by atoms with Crippen LogP contribution >= 0.6 is 0 Å². The molecule has 1 aromatic rings. The topological polar surface area (TPSA) is 20.3 Å². The zero-order valence-corrected chi connectivity index (χ0v) is 9.50. The summed E-state index contributed by atoms with van der Waals surface area (Å²) in [6, 6.07) is 4.96. The molecule has 0 spiro atoms. The lowest BCUT2D eigenvalue weighted by Gasteiger charge is -2.18. The van der Waals surface area contributed by atoms with Crippen LogP contribution in [0.3, 0.4) is 0 Å². The molecule has 3 heteroatoms. The van der Waals surface area contributed by atoms with Crippen molar-refractivity contribution in [3.05, 3.63) is 29.6 Å². The number of ketones is 1. The number of benzene rings is 1. The number of fused-ring (bicyclic) bond motifs is 1. The molecule has 0 N–H and O–H groups in total. The second kappa shape index (κ2) is 4.64. The average molecular weight is 221 g/mol. The van der Waals surface area contributed by atoms with Gasteiger partial charge in [-0.25, -0.2) is 4.39 Å². The number of nitrogens with zero attached hydrogens (tertiary/aromatic N) is 1. The molecule has 1 aliphatic heterocycles. The number of Topliss-reactive ketones (excluding diaryl/α,β-unsaturated/α-hetero) is 1. The maximum absolute atomic E-state index is 13.1. The highest BCUT2D eigenvalue weighted by Gasteiger charge is 2.18. The van der Waals surface area contributed by atoms with E-state index in [0.29, 0.717) is 6.42 Å². The number of anilines is 1. The molecular weight excluding hydrogens is 205 g/mol. The van der Waals surface area contributed by atoms with Crippen molar-refractivity contribution < 1.29 is 9.18 Å². The average Bonchev–Trinajstić information content (AvgIpc) is 2.60. The van der Waals surface area contributed by atoms with Crippen LogP contribution in [0.1, 0.15) is 25.3 Å². The van der Waals surface area contributed by atoms with Gasteiger partial charge >= 0.3 is 0 Å². The molecule has 1 aliphatic rings. The normalized spacial score (nSPS) is 14.0. The van der Waals surface area contributed by atoms with E-state index in [1.807, 2.05) is 6.07 Å². The predicted octanol–water partition coefficient (Wildman–Crippen LogP) is 2.56. The van der Waals surface area contributed by atoms with Crippen molar-refractivity contribution in [2.24, 2.45) is 0 Å². The Morgan fingerprint density at radius 3 is 3.06 bits per heavy atom. The molecule has 2 rings (SSSR count). The maximum Gasteiger partial charge on any atom is 0.129 e. The number of hydrogen-bond acceptors (Lipinski definition) is 2. The highest BCUT2D eigenvalue weighted by atomic mass is 19.1. The van der Waals surface area contributed by atoms with Crippen LogP contribution in [0.25, 0.3) is 0 Å². The van der Waals surface area contributed by atoms with E-state index >= 15 is 0 Å². The molecule has 0 fully saturated rings. The van der Waals surface area contributed by atoms with Crippen molar-refractivity contribution in [2.75, 3.05) is 18.0 Å². The van der Waals surface area contributed by atoms with Crippen LogP contribution in [-0.2, 0) is 11.2 Å². The monoisotopic (exact) mass is 221 g/mol. The number of carbonyl (C=O) groups excluding carboxylic acids is 1. The first-order chi connectivity index (χ1) is 7.66. The molecule has 16 heavy (non-hydrogen) atoms. The lowest BCUT2D eigenvalue weighted by molar-refractivity contribution is -0.117. The maximum atomic E-state index is 13.1. The lowest BCUT2D eigenvalue weighted by atomic mass is 10.1. The SMILES string of the molecule is CC(=O)CCCN1CCc2ccc(F)cc21.